The molecule has 1 aliphatic carbocycles. The Kier molecular flexibility index (Phi) is 3.23. The number of H-pyrrole nitrogens is 1. The molecule has 0 amide bonds. The summed E-state index contributed by atoms with van der Waals surface area (Å²) in [6.07, 6.45) is 5.33. The van der Waals surface area contributed by atoms with Crippen molar-refractivity contribution in [2.45, 2.75) is 39.2 Å². The molecule has 0 bridgehead atoms. The van der Waals surface area contributed by atoms with Crippen LogP contribution in [0.15, 0.2) is 6.33 Å². The zero-order chi connectivity index (χ0) is 13.2. The fraction of sp³-hybridized carbons (Fsp3) is 0.615. The highest BCUT2D eigenvalue weighted by molar-refractivity contribution is 5.83. The normalized spacial score (nSPS) is 16.5. The van der Waals surface area contributed by atoms with Crippen molar-refractivity contribution in [1.29, 1.82) is 0 Å². The summed E-state index contributed by atoms with van der Waals surface area (Å²) >= 11 is 0. The Morgan fingerprint density at radius 3 is 3.00 bits per heavy atom. The molecular weight excluding hydrogens is 240 g/mol. The van der Waals surface area contributed by atoms with Crippen molar-refractivity contribution in [2.75, 3.05) is 17.2 Å². The molecule has 3 N–H and O–H groups in total. The van der Waals surface area contributed by atoms with Gasteiger partial charge in [0.25, 0.3) is 0 Å². The predicted molar refractivity (Wildman–Crippen MR) is 76.3 cm³/mol. The molecule has 1 atom stereocenters. The summed E-state index contributed by atoms with van der Waals surface area (Å²) in [7, 11) is 0. The van der Waals surface area contributed by atoms with Crippen LogP contribution in [0.4, 0.5) is 11.8 Å². The van der Waals surface area contributed by atoms with Gasteiger partial charge in [-0.2, -0.15) is 9.97 Å². The van der Waals surface area contributed by atoms with Gasteiger partial charge >= 0.3 is 0 Å². The van der Waals surface area contributed by atoms with Gasteiger partial charge in [0.05, 0.1) is 6.33 Å². The summed E-state index contributed by atoms with van der Waals surface area (Å²) in [5.74, 6) is 2.27. The average molecular weight is 260 g/mol. The lowest BCUT2D eigenvalue weighted by Gasteiger charge is -2.14. The standard InChI is InChI=1S/C13H20N6/c1-3-6-14-13-18-11-10(15-7-16-11)12(19-13)17-8(2)9-4-5-9/h7-9H,3-6H2,1-2H3,(H3,14,15,16,17,18,19). The van der Waals surface area contributed by atoms with Crippen LogP contribution in [0, 0.1) is 5.92 Å². The Hall–Kier alpha value is -1.85. The summed E-state index contributed by atoms with van der Waals surface area (Å²) in [6, 6.07) is 0.445. The van der Waals surface area contributed by atoms with Crippen molar-refractivity contribution in [3.8, 4) is 0 Å². The molecule has 1 fully saturated rings. The number of rotatable bonds is 6. The molecule has 2 heterocycles. The lowest BCUT2D eigenvalue weighted by molar-refractivity contribution is 0.691. The summed E-state index contributed by atoms with van der Waals surface area (Å²) in [4.78, 5) is 16.3. The summed E-state index contributed by atoms with van der Waals surface area (Å²) < 4.78 is 0. The van der Waals surface area contributed by atoms with Crippen LogP contribution in [-0.4, -0.2) is 32.5 Å². The second kappa shape index (κ2) is 5.03. The van der Waals surface area contributed by atoms with E-state index in [0.29, 0.717) is 17.6 Å². The van der Waals surface area contributed by atoms with E-state index >= 15 is 0 Å². The van der Waals surface area contributed by atoms with Crippen LogP contribution in [0.3, 0.4) is 0 Å². The minimum atomic E-state index is 0.445. The molecule has 1 aliphatic rings. The molecule has 19 heavy (non-hydrogen) atoms. The molecule has 6 nitrogen and oxygen atoms in total. The Labute approximate surface area is 112 Å². The number of aromatic nitrogens is 4. The maximum absolute atomic E-state index is 4.56. The smallest absolute Gasteiger partial charge is 0.226 e. The van der Waals surface area contributed by atoms with Crippen molar-refractivity contribution >= 4 is 22.9 Å². The number of hydrogen-bond donors (Lipinski definition) is 3. The van der Waals surface area contributed by atoms with Gasteiger partial charge in [-0.15, -0.1) is 0 Å². The lowest BCUT2D eigenvalue weighted by Crippen LogP contribution is -2.19. The summed E-state index contributed by atoms with van der Waals surface area (Å²) in [5, 5.41) is 6.71. The van der Waals surface area contributed by atoms with Gasteiger partial charge in [-0.25, -0.2) is 4.98 Å². The number of fused-ring (bicyclic) bond motifs is 1. The van der Waals surface area contributed by atoms with E-state index in [2.05, 4.69) is 44.4 Å². The first-order chi connectivity index (χ1) is 9.28. The highest BCUT2D eigenvalue weighted by atomic mass is 15.2. The van der Waals surface area contributed by atoms with Crippen LogP contribution in [0.5, 0.6) is 0 Å². The summed E-state index contributed by atoms with van der Waals surface area (Å²) in [6.45, 7) is 5.20. The van der Waals surface area contributed by atoms with Crippen LogP contribution >= 0.6 is 0 Å². The van der Waals surface area contributed by atoms with E-state index in [1.165, 1.54) is 12.8 Å². The zero-order valence-corrected chi connectivity index (χ0v) is 11.4. The molecule has 1 unspecified atom stereocenters. The first-order valence-electron chi connectivity index (χ1n) is 6.99. The number of imidazole rings is 1. The molecule has 102 valence electrons. The van der Waals surface area contributed by atoms with Gasteiger partial charge in [0.1, 0.15) is 5.52 Å². The minimum Gasteiger partial charge on any atom is -0.365 e. The number of anilines is 2. The third-order valence-corrected chi connectivity index (χ3v) is 3.51. The van der Waals surface area contributed by atoms with E-state index in [1.807, 2.05) is 0 Å². The molecule has 2 aromatic rings. The fourth-order valence-electron chi connectivity index (χ4n) is 2.18. The van der Waals surface area contributed by atoms with Gasteiger partial charge < -0.3 is 15.6 Å². The van der Waals surface area contributed by atoms with Crippen molar-refractivity contribution in [3.05, 3.63) is 6.33 Å². The van der Waals surface area contributed by atoms with E-state index < -0.39 is 0 Å². The topological polar surface area (TPSA) is 78.5 Å². The molecule has 2 aromatic heterocycles. The monoisotopic (exact) mass is 260 g/mol. The molecule has 0 saturated heterocycles. The molecule has 0 aliphatic heterocycles. The fourth-order valence-corrected chi connectivity index (χ4v) is 2.18. The molecule has 3 rings (SSSR count). The highest BCUT2D eigenvalue weighted by Gasteiger charge is 2.28. The number of aromatic amines is 1. The number of nitrogens with one attached hydrogen (secondary N) is 3. The van der Waals surface area contributed by atoms with Crippen molar-refractivity contribution in [3.63, 3.8) is 0 Å². The SMILES string of the molecule is CCCNc1nc(NC(C)C2CC2)c2[nH]cnc2n1. The largest absolute Gasteiger partial charge is 0.365 e. The Bertz CT molecular complexity index is 559. The van der Waals surface area contributed by atoms with Gasteiger partial charge in [-0.3, -0.25) is 0 Å². The second-order valence-electron chi connectivity index (χ2n) is 5.19. The Morgan fingerprint density at radius 1 is 1.42 bits per heavy atom. The van der Waals surface area contributed by atoms with Gasteiger partial charge in [0, 0.05) is 12.6 Å². The zero-order valence-electron chi connectivity index (χ0n) is 11.4. The van der Waals surface area contributed by atoms with Gasteiger partial charge in [-0.05, 0) is 32.1 Å². The van der Waals surface area contributed by atoms with Crippen molar-refractivity contribution in [2.24, 2.45) is 5.92 Å². The quantitative estimate of drug-likeness (QED) is 0.743. The average Bonchev–Trinajstić information content (AvgIpc) is 3.15. The van der Waals surface area contributed by atoms with Crippen LogP contribution in [0.1, 0.15) is 33.1 Å². The predicted octanol–water partition coefficient (Wildman–Crippen LogP) is 2.39. The van der Waals surface area contributed by atoms with Crippen LogP contribution in [0.2, 0.25) is 0 Å². The molecule has 6 heteroatoms. The number of nitrogens with zero attached hydrogens (tertiary/aromatic N) is 3. The second-order valence-corrected chi connectivity index (χ2v) is 5.19. The lowest BCUT2D eigenvalue weighted by atomic mass is 10.2. The first-order valence-corrected chi connectivity index (χ1v) is 6.99. The third-order valence-electron chi connectivity index (χ3n) is 3.51. The Morgan fingerprint density at radius 2 is 2.26 bits per heavy atom. The molecule has 1 saturated carbocycles. The van der Waals surface area contributed by atoms with Crippen molar-refractivity contribution in [1.82, 2.24) is 19.9 Å². The first kappa shape index (κ1) is 12.2. The maximum atomic E-state index is 4.56. The van der Waals surface area contributed by atoms with Crippen LogP contribution in [-0.2, 0) is 0 Å². The van der Waals surface area contributed by atoms with Gasteiger partial charge in [0.15, 0.2) is 11.5 Å². The van der Waals surface area contributed by atoms with E-state index in [1.54, 1.807) is 6.33 Å². The molecule has 0 radical (unpaired) electrons. The van der Waals surface area contributed by atoms with Crippen LogP contribution in [0.25, 0.3) is 11.2 Å². The maximum Gasteiger partial charge on any atom is 0.226 e. The van der Waals surface area contributed by atoms with E-state index in [0.717, 1.165) is 30.2 Å². The van der Waals surface area contributed by atoms with E-state index in [9.17, 15) is 0 Å². The molecule has 0 aromatic carbocycles. The third kappa shape index (κ3) is 2.62. The van der Waals surface area contributed by atoms with E-state index in [-0.39, 0.29) is 0 Å². The van der Waals surface area contributed by atoms with Gasteiger partial charge in [-0.1, -0.05) is 6.92 Å². The summed E-state index contributed by atoms with van der Waals surface area (Å²) in [5.41, 5.74) is 1.59. The Balaban J connectivity index is 1.88. The molecule has 0 spiro atoms. The minimum absolute atomic E-state index is 0.445. The van der Waals surface area contributed by atoms with Gasteiger partial charge in [0.2, 0.25) is 5.95 Å². The molecular formula is C13H20N6. The number of hydrogen-bond acceptors (Lipinski definition) is 5. The van der Waals surface area contributed by atoms with Crippen LogP contribution < -0.4 is 10.6 Å². The van der Waals surface area contributed by atoms with E-state index in [4.69, 9.17) is 0 Å². The highest BCUT2D eigenvalue weighted by Crippen LogP contribution is 2.34. The van der Waals surface area contributed by atoms with Crippen molar-refractivity contribution < 1.29 is 0 Å².